The van der Waals surface area contributed by atoms with Crippen LogP contribution in [0.25, 0.3) is 0 Å². The van der Waals surface area contributed by atoms with E-state index in [0.29, 0.717) is 17.9 Å². The van der Waals surface area contributed by atoms with Crippen molar-refractivity contribution in [2.45, 2.75) is 0 Å². The predicted octanol–water partition coefficient (Wildman–Crippen LogP) is 0.503. The minimum atomic E-state index is -0.249. The minimum Gasteiger partial charge on any atom is -0.395 e. The molecule has 0 atom stereocenters. The zero-order valence-electron chi connectivity index (χ0n) is 7.16. The molecule has 0 aromatic carbocycles. The third-order valence-corrected chi connectivity index (χ3v) is 1.50. The second-order valence-corrected chi connectivity index (χ2v) is 2.51. The summed E-state index contributed by atoms with van der Waals surface area (Å²) in [5.74, 6) is 0.389. The van der Waals surface area contributed by atoms with Crippen LogP contribution >= 0.6 is 0 Å². The minimum absolute atomic E-state index is 0.0533. The number of aliphatic hydroxyl groups excluding tert-OH is 1. The number of ketones is 1. The van der Waals surface area contributed by atoms with Gasteiger partial charge in [0.25, 0.3) is 0 Å². The van der Waals surface area contributed by atoms with Crippen LogP contribution in [0.5, 0.6) is 0 Å². The van der Waals surface area contributed by atoms with E-state index in [4.69, 9.17) is 5.11 Å². The molecular formula is C9H11N2O2. The lowest BCUT2D eigenvalue weighted by molar-refractivity contribution is 0.104. The molecule has 0 aliphatic rings. The first kappa shape index (κ1) is 9.67. The summed E-state index contributed by atoms with van der Waals surface area (Å²) in [6, 6.07) is 3.32. The van der Waals surface area contributed by atoms with E-state index in [1.165, 1.54) is 6.20 Å². The van der Waals surface area contributed by atoms with Crippen LogP contribution in [0.3, 0.4) is 0 Å². The molecule has 0 spiro atoms. The zero-order valence-corrected chi connectivity index (χ0v) is 7.16. The van der Waals surface area contributed by atoms with E-state index < -0.39 is 0 Å². The molecular weight excluding hydrogens is 168 g/mol. The number of Topliss-reactive ketones (excluding diaryl/α,β-unsaturated/α-hetero) is 1. The van der Waals surface area contributed by atoms with E-state index in [1.54, 1.807) is 12.1 Å². The number of hydrogen-bond donors (Lipinski definition) is 2. The van der Waals surface area contributed by atoms with Crippen LogP contribution in [-0.4, -0.2) is 29.0 Å². The van der Waals surface area contributed by atoms with E-state index in [9.17, 15) is 4.79 Å². The summed E-state index contributed by atoms with van der Waals surface area (Å²) in [4.78, 5) is 14.7. The van der Waals surface area contributed by atoms with Crippen molar-refractivity contribution in [2.75, 3.05) is 18.5 Å². The third kappa shape index (κ3) is 2.83. The zero-order chi connectivity index (χ0) is 9.68. The third-order valence-electron chi connectivity index (χ3n) is 1.50. The highest BCUT2D eigenvalue weighted by molar-refractivity contribution is 5.99. The second-order valence-electron chi connectivity index (χ2n) is 2.51. The van der Waals surface area contributed by atoms with Gasteiger partial charge in [-0.15, -0.1) is 0 Å². The normalized spacial score (nSPS) is 9.69. The number of nitrogens with zero attached hydrogens (tertiary/aromatic N) is 1. The first-order valence-corrected chi connectivity index (χ1v) is 3.91. The van der Waals surface area contributed by atoms with Gasteiger partial charge in [-0.1, -0.05) is 0 Å². The van der Waals surface area contributed by atoms with E-state index in [1.807, 2.05) is 0 Å². The van der Waals surface area contributed by atoms with Crippen LogP contribution in [0.2, 0.25) is 0 Å². The van der Waals surface area contributed by atoms with E-state index >= 15 is 0 Å². The molecule has 1 aromatic heterocycles. The smallest absolute Gasteiger partial charge is 0.164 e. The molecule has 0 aliphatic carbocycles. The highest BCUT2D eigenvalue weighted by atomic mass is 16.3. The number of rotatable bonds is 4. The first-order valence-electron chi connectivity index (χ1n) is 3.91. The highest BCUT2D eigenvalue weighted by Crippen LogP contribution is 2.04. The van der Waals surface area contributed by atoms with E-state index in [-0.39, 0.29) is 12.4 Å². The summed E-state index contributed by atoms with van der Waals surface area (Å²) >= 11 is 0. The Morgan fingerprint density at radius 3 is 2.85 bits per heavy atom. The highest BCUT2D eigenvalue weighted by Gasteiger charge is 1.98. The average molecular weight is 179 g/mol. The maximum atomic E-state index is 10.8. The monoisotopic (exact) mass is 179 g/mol. The summed E-state index contributed by atoms with van der Waals surface area (Å²) in [5, 5.41) is 11.4. The van der Waals surface area contributed by atoms with Crippen molar-refractivity contribution in [3.63, 3.8) is 0 Å². The van der Waals surface area contributed by atoms with Crippen molar-refractivity contribution < 1.29 is 9.90 Å². The predicted molar refractivity (Wildman–Crippen MR) is 49.5 cm³/mol. The number of carbonyl (C=O) groups is 1. The largest absolute Gasteiger partial charge is 0.395 e. The fraction of sp³-hybridized carbons (Fsp3) is 0.222. The van der Waals surface area contributed by atoms with Gasteiger partial charge >= 0.3 is 0 Å². The lowest BCUT2D eigenvalue weighted by atomic mass is 10.2. The molecule has 0 saturated heterocycles. The Kier molecular flexibility index (Phi) is 3.40. The van der Waals surface area contributed by atoms with Gasteiger partial charge in [0, 0.05) is 25.2 Å². The number of anilines is 1. The van der Waals surface area contributed by atoms with Gasteiger partial charge in [-0.2, -0.15) is 0 Å². The van der Waals surface area contributed by atoms with Crippen LogP contribution in [0.4, 0.5) is 5.82 Å². The number of aliphatic hydroxyl groups is 1. The molecule has 0 bridgehead atoms. The second kappa shape index (κ2) is 4.57. The summed E-state index contributed by atoms with van der Waals surface area (Å²) in [5.41, 5.74) is 0.481. The molecule has 1 aromatic rings. The molecule has 69 valence electrons. The fourth-order valence-corrected chi connectivity index (χ4v) is 0.847. The Hall–Kier alpha value is -1.42. The summed E-state index contributed by atoms with van der Waals surface area (Å²) in [7, 11) is 0. The number of nitrogens with one attached hydrogen (secondary N) is 1. The Morgan fingerprint density at radius 1 is 1.62 bits per heavy atom. The lowest BCUT2D eigenvalue weighted by Crippen LogP contribution is -2.07. The van der Waals surface area contributed by atoms with Gasteiger partial charge in [0.1, 0.15) is 5.82 Å². The molecule has 0 saturated carbocycles. The number of aromatic nitrogens is 1. The lowest BCUT2D eigenvalue weighted by Gasteiger charge is -2.02. The topological polar surface area (TPSA) is 62.2 Å². The molecule has 1 radical (unpaired) electrons. The Balaban J connectivity index is 2.64. The van der Waals surface area contributed by atoms with Crippen molar-refractivity contribution in [2.24, 2.45) is 0 Å². The van der Waals surface area contributed by atoms with Crippen LogP contribution in [-0.2, 0) is 0 Å². The number of pyridine rings is 1. The average Bonchev–Trinajstić information content (AvgIpc) is 2.15. The maximum absolute atomic E-state index is 10.8. The van der Waals surface area contributed by atoms with Crippen molar-refractivity contribution in [1.29, 1.82) is 0 Å². The molecule has 13 heavy (non-hydrogen) atoms. The van der Waals surface area contributed by atoms with Crippen molar-refractivity contribution in [1.82, 2.24) is 4.98 Å². The molecule has 1 heterocycles. The Morgan fingerprint density at radius 2 is 2.38 bits per heavy atom. The van der Waals surface area contributed by atoms with Gasteiger partial charge in [0.15, 0.2) is 5.78 Å². The van der Waals surface area contributed by atoms with Crippen LogP contribution < -0.4 is 5.32 Å². The van der Waals surface area contributed by atoms with Gasteiger partial charge in [-0.3, -0.25) is 4.79 Å². The summed E-state index contributed by atoms with van der Waals surface area (Å²) < 4.78 is 0. The fourth-order valence-electron chi connectivity index (χ4n) is 0.847. The Labute approximate surface area is 76.6 Å². The van der Waals surface area contributed by atoms with Crippen LogP contribution in [0.1, 0.15) is 10.4 Å². The van der Waals surface area contributed by atoms with Gasteiger partial charge in [0.05, 0.1) is 6.61 Å². The molecule has 1 rings (SSSR count). The standard InChI is InChI=1S/C9H11N2O2/c1-7(13)8-2-3-9(11-6-8)10-4-5-12/h2-3,6,12H,1,4-5H2,(H,10,11). The van der Waals surface area contributed by atoms with Crippen LogP contribution in [0.15, 0.2) is 18.3 Å². The van der Waals surface area contributed by atoms with E-state index in [2.05, 4.69) is 17.2 Å². The van der Waals surface area contributed by atoms with E-state index in [0.717, 1.165) is 0 Å². The van der Waals surface area contributed by atoms with Crippen LogP contribution in [0, 0.1) is 6.92 Å². The molecule has 0 aliphatic heterocycles. The van der Waals surface area contributed by atoms with Gasteiger partial charge in [-0.25, -0.2) is 4.98 Å². The maximum Gasteiger partial charge on any atom is 0.164 e. The molecule has 0 amide bonds. The van der Waals surface area contributed by atoms with Crippen molar-refractivity contribution in [3.8, 4) is 0 Å². The van der Waals surface area contributed by atoms with Crippen molar-refractivity contribution in [3.05, 3.63) is 30.8 Å². The molecule has 4 heteroatoms. The SMILES string of the molecule is [CH2]C(=O)c1ccc(NCCO)nc1. The molecule has 4 nitrogen and oxygen atoms in total. The van der Waals surface area contributed by atoms with Gasteiger partial charge in [0.2, 0.25) is 0 Å². The summed E-state index contributed by atoms with van der Waals surface area (Å²) in [6.45, 7) is 3.76. The molecule has 0 fully saturated rings. The number of carbonyl (C=O) groups excluding carboxylic acids is 1. The molecule has 2 N–H and O–H groups in total. The van der Waals surface area contributed by atoms with Crippen molar-refractivity contribution >= 4 is 11.6 Å². The van der Waals surface area contributed by atoms with Gasteiger partial charge in [-0.05, 0) is 12.1 Å². The quantitative estimate of drug-likeness (QED) is 0.661. The van der Waals surface area contributed by atoms with Gasteiger partial charge < -0.3 is 10.4 Å². The molecule has 0 unspecified atom stereocenters. The summed E-state index contributed by atoms with van der Waals surface area (Å²) in [6.07, 6.45) is 1.45. The number of hydrogen-bond acceptors (Lipinski definition) is 4. The Bertz CT molecular complexity index is 282. The first-order chi connectivity index (χ1) is 6.24.